The number of allylic oxidation sites excluding steroid dienone is 2. The molecule has 0 aromatic heterocycles. The molecular formula is C7H13N. The lowest BCUT2D eigenvalue weighted by Crippen LogP contribution is -1.52. The van der Waals surface area contributed by atoms with Crippen LogP contribution in [0.2, 0.25) is 0 Å². The van der Waals surface area contributed by atoms with E-state index in [-0.39, 0.29) is 0 Å². The van der Waals surface area contributed by atoms with Crippen molar-refractivity contribution in [3.63, 3.8) is 0 Å². The molecule has 46 valence electrons. The number of rotatable bonds is 0. The van der Waals surface area contributed by atoms with Crippen LogP contribution in [0.4, 0.5) is 0 Å². The van der Waals surface area contributed by atoms with E-state index in [1.54, 1.807) is 6.07 Å². The summed E-state index contributed by atoms with van der Waals surface area (Å²) in [6.07, 6.45) is 2.08. The molecule has 0 saturated heterocycles. The molecule has 8 heavy (non-hydrogen) atoms. The highest BCUT2D eigenvalue weighted by molar-refractivity contribution is 4.88. The summed E-state index contributed by atoms with van der Waals surface area (Å²) in [7, 11) is 0. The Bertz CT molecular complexity index is 91.4. The van der Waals surface area contributed by atoms with E-state index >= 15 is 0 Å². The van der Waals surface area contributed by atoms with Crippen LogP contribution in [0.5, 0.6) is 0 Å². The Morgan fingerprint density at radius 1 is 1.50 bits per heavy atom. The van der Waals surface area contributed by atoms with Crippen LogP contribution in [0.1, 0.15) is 27.7 Å². The number of hydrogen-bond acceptors (Lipinski definition) is 1. The zero-order valence-corrected chi connectivity index (χ0v) is 6.02. The first-order valence-corrected chi connectivity index (χ1v) is 2.59. The van der Waals surface area contributed by atoms with Crippen molar-refractivity contribution in [3.8, 4) is 6.07 Å². The maximum atomic E-state index is 7.32. The van der Waals surface area contributed by atoms with E-state index < -0.39 is 0 Å². The normalized spacial score (nSPS) is 5.38. The average molecular weight is 111 g/mol. The molecule has 0 amide bonds. The second kappa shape index (κ2) is 9.52. The summed E-state index contributed by atoms with van der Waals surface area (Å²) in [6, 6.07) is 1.75. The third-order valence-corrected chi connectivity index (χ3v) is 0.577. The molecular weight excluding hydrogens is 98.1 g/mol. The number of nitriles is 1. The largest absolute Gasteiger partial charge is 0.199 e. The molecule has 1 nitrogen and oxygen atoms in total. The summed E-state index contributed by atoms with van der Waals surface area (Å²) in [5.74, 6) is 0. The second-order valence-electron chi connectivity index (χ2n) is 1.59. The van der Waals surface area contributed by atoms with Gasteiger partial charge in [0.15, 0.2) is 0 Å². The number of hydrogen-bond donors (Lipinski definition) is 0. The Kier molecular flexibility index (Phi) is 12.2. The van der Waals surface area contributed by atoms with Crippen LogP contribution in [-0.4, -0.2) is 0 Å². The van der Waals surface area contributed by atoms with Crippen LogP contribution in [-0.2, 0) is 0 Å². The van der Waals surface area contributed by atoms with Gasteiger partial charge in [-0.15, -0.1) is 0 Å². The number of nitrogens with zero attached hydrogens (tertiary/aromatic N) is 1. The monoisotopic (exact) mass is 111 g/mol. The molecule has 0 unspecified atom stereocenters. The predicted octanol–water partition coefficient (Wildman–Crippen LogP) is 2.50. The molecule has 0 fully saturated rings. The van der Waals surface area contributed by atoms with Crippen LogP contribution in [0.15, 0.2) is 11.6 Å². The molecule has 0 atom stereocenters. The van der Waals surface area contributed by atoms with Gasteiger partial charge in [-0.05, 0) is 20.8 Å². The van der Waals surface area contributed by atoms with Gasteiger partial charge in [-0.25, -0.2) is 0 Å². The van der Waals surface area contributed by atoms with Gasteiger partial charge in [0.2, 0.25) is 0 Å². The third kappa shape index (κ3) is 61.9. The van der Waals surface area contributed by atoms with Crippen molar-refractivity contribution in [2.75, 3.05) is 0 Å². The van der Waals surface area contributed by atoms with Crippen molar-refractivity contribution in [1.82, 2.24) is 0 Å². The molecule has 0 aromatic carbocycles. The maximum Gasteiger partial charge on any atom is 0.0587 e. The Balaban J connectivity index is 0. The minimum atomic E-state index is 1.38. The first-order valence-electron chi connectivity index (χ1n) is 2.59. The van der Waals surface area contributed by atoms with Crippen LogP contribution < -0.4 is 0 Å². The van der Waals surface area contributed by atoms with Crippen molar-refractivity contribution >= 4 is 0 Å². The van der Waals surface area contributed by atoms with E-state index in [0.29, 0.717) is 0 Å². The average Bonchev–Trinajstić information content (AvgIpc) is 1.69. The van der Waals surface area contributed by atoms with Gasteiger partial charge in [0.25, 0.3) is 0 Å². The van der Waals surface area contributed by atoms with E-state index in [0.717, 1.165) is 0 Å². The fourth-order valence-corrected chi connectivity index (χ4v) is 0. The SMILES string of the molecule is CC#N.CC=C(C)C. The minimum Gasteiger partial charge on any atom is -0.199 e. The summed E-state index contributed by atoms with van der Waals surface area (Å²) in [5, 5.41) is 7.32. The van der Waals surface area contributed by atoms with Crippen molar-refractivity contribution < 1.29 is 0 Å². The molecule has 0 aliphatic heterocycles. The first-order chi connectivity index (χ1) is 3.68. The van der Waals surface area contributed by atoms with Gasteiger partial charge in [-0.3, -0.25) is 0 Å². The van der Waals surface area contributed by atoms with Gasteiger partial charge in [-0.1, -0.05) is 11.6 Å². The Morgan fingerprint density at radius 2 is 1.62 bits per heavy atom. The standard InChI is InChI=1S/C5H10.C2H3N/c1-4-5(2)3;1-2-3/h4H,1-3H3;1H3. The van der Waals surface area contributed by atoms with Gasteiger partial charge < -0.3 is 0 Å². The van der Waals surface area contributed by atoms with E-state index in [9.17, 15) is 0 Å². The van der Waals surface area contributed by atoms with Crippen molar-refractivity contribution in [2.45, 2.75) is 27.7 Å². The van der Waals surface area contributed by atoms with E-state index in [4.69, 9.17) is 5.26 Å². The Hall–Kier alpha value is -0.770. The van der Waals surface area contributed by atoms with Gasteiger partial charge in [0.05, 0.1) is 6.07 Å². The molecule has 0 saturated carbocycles. The zero-order chi connectivity index (χ0) is 6.99. The van der Waals surface area contributed by atoms with Gasteiger partial charge in [0, 0.05) is 6.92 Å². The molecule has 0 heterocycles. The van der Waals surface area contributed by atoms with Crippen molar-refractivity contribution in [1.29, 1.82) is 5.26 Å². The lowest BCUT2D eigenvalue weighted by atomic mass is 10.3. The summed E-state index contributed by atoms with van der Waals surface area (Å²) >= 11 is 0. The summed E-state index contributed by atoms with van der Waals surface area (Å²) in [4.78, 5) is 0. The molecule has 0 bridgehead atoms. The quantitative estimate of drug-likeness (QED) is 0.440. The molecule has 0 spiro atoms. The first kappa shape index (κ1) is 10.3. The van der Waals surface area contributed by atoms with Crippen molar-refractivity contribution in [3.05, 3.63) is 11.6 Å². The molecule has 0 radical (unpaired) electrons. The minimum absolute atomic E-state index is 1.38. The molecule has 0 aliphatic carbocycles. The summed E-state index contributed by atoms with van der Waals surface area (Å²) in [6.45, 7) is 7.63. The maximum absolute atomic E-state index is 7.32. The second-order valence-corrected chi connectivity index (χ2v) is 1.59. The van der Waals surface area contributed by atoms with Crippen LogP contribution >= 0.6 is 0 Å². The van der Waals surface area contributed by atoms with E-state index in [1.165, 1.54) is 12.5 Å². The molecule has 0 aliphatic rings. The van der Waals surface area contributed by atoms with E-state index in [1.807, 2.05) is 6.92 Å². The summed E-state index contributed by atoms with van der Waals surface area (Å²) < 4.78 is 0. The van der Waals surface area contributed by atoms with Crippen LogP contribution in [0.3, 0.4) is 0 Å². The van der Waals surface area contributed by atoms with Gasteiger partial charge in [-0.2, -0.15) is 5.26 Å². The topological polar surface area (TPSA) is 23.8 Å². The highest BCUT2D eigenvalue weighted by atomic mass is 14.2. The van der Waals surface area contributed by atoms with Crippen LogP contribution in [0, 0.1) is 11.3 Å². The summed E-state index contributed by atoms with van der Waals surface area (Å²) in [5.41, 5.74) is 1.38. The lowest BCUT2D eigenvalue weighted by Gasteiger charge is -1.74. The Labute approximate surface area is 51.6 Å². The predicted molar refractivity (Wildman–Crippen MR) is 36.4 cm³/mol. The Morgan fingerprint density at radius 3 is 1.62 bits per heavy atom. The third-order valence-electron chi connectivity index (χ3n) is 0.577. The van der Waals surface area contributed by atoms with Gasteiger partial charge in [0.1, 0.15) is 0 Å². The highest BCUT2D eigenvalue weighted by Gasteiger charge is 1.60. The fourth-order valence-electron chi connectivity index (χ4n) is 0. The zero-order valence-electron chi connectivity index (χ0n) is 6.02. The van der Waals surface area contributed by atoms with Gasteiger partial charge >= 0.3 is 0 Å². The molecule has 1 heteroatoms. The lowest BCUT2D eigenvalue weighted by molar-refractivity contribution is 1.36. The molecule has 0 N–H and O–H groups in total. The van der Waals surface area contributed by atoms with Crippen molar-refractivity contribution in [2.24, 2.45) is 0 Å². The molecule has 0 rings (SSSR count). The van der Waals surface area contributed by atoms with Crippen LogP contribution in [0.25, 0.3) is 0 Å². The fraction of sp³-hybridized carbons (Fsp3) is 0.571. The molecule has 0 aromatic rings. The van der Waals surface area contributed by atoms with E-state index in [2.05, 4.69) is 19.9 Å². The highest BCUT2D eigenvalue weighted by Crippen LogP contribution is 1.82. The smallest absolute Gasteiger partial charge is 0.0587 e.